The molecule has 1 amide bonds. The molecule has 0 atom stereocenters. The number of benzene rings is 1. The normalized spacial score (nSPS) is 21.7. The largest absolute Gasteiger partial charge is 0.398 e. The molecule has 2 rings (SSSR count). The minimum absolute atomic E-state index is 0.100. The quantitative estimate of drug-likeness (QED) is 0.772. The summed E-state index contributed by atoms with van der Waals surface area (Å²) in [6.45, 7) is 3.27. The summed E-state index contributed by atoms with van der Waals surface area (Å²) in [6, 6.07) is 7.60. The van der Waals surface area contributed by atoms with Gasteiger partial charge in [0, 0.05) is 25.3 Å². The monoisotopic (exact) mass is 262 g/mol. The van der Waals surface area contributed by atoms with Gasteiger partial charge >= 0.3 is 0 Å². The summed E-state index contributed by atoms with van der Waals surface area (Å²) in [6.07, 6.45) is 2.98. The van der Waals surface area contributed by atoms with Crippen LogP contribution in [0.5, 0.6) is 0 Å². The average molecular weight is 262 g/mol. The highest BCUT2D eigenvalue weighted by atomic mass is 16.5. The fraction of sp³-hybridized carbons (Fsp3) is 0.533. The van der Waals surface area contributed by atoms with Gasteiger partial charge in [-0.15, -0.1) is 0 Å². The number of amides is 1. The highest BCUT2D eigenvalue weighted by molar-refractivity contribution is 5.76. The Kier molecular flexibility index (Phi) is 4.80. The summed E-state index contributed by atoms with van der Waals surface area (Å²) in [4.78, 5) is 11.8. The van der Waals surface area contributed by atoms with Crippen molar-refractivity contribution in [3.8, 4) is 0 Å². The molecule has 0 saturated heterocycles. The molecule has 4 nitrogen and oxygen atoms in total. The molecular weight excluding hydrogens is 240 g/mol. The Morgan fingerprint density at radius 1 is 1.42 bits per heavy atom. The molecule has 1 aliphatic rings. The lowest BCUT2D eigenvalue weighted by atomic mass is 9.80. The van der Waals surface area contributed by atoms with E-state index in [-0.39, 0.29) is 5.91 Å². The molecule has 1 aromatic rings. The fourth-order valence-electron chi connectivity index (χ4n) is 2.44. The van der Waals surface area contributed by atoms with Crippen LogP contribution in [-0.2, 0) is 16.1 Å². The van der Waals surface area contributed by atoms with Crippen molar-refractivity contribution in [1.82, 2.24) is 5.32 Å². The number of hydrogen-bond donors (Lipinski definition) is 2. The number of anilines is 1. The minimum Gasteiger partial charge on any atom is -0.398 e. The van der Waals surface area contributed by atoms with Crippen LogP contribution in [0, 0.1) is 5.92 Å². The van der Waals surface area contributed by atoms with Gasteiger partial charge in [-0.05, 0) is 37.3 Å². The zero-order valence-electron chi connectivity index (χ0n) is 11.4. The Morgan fingerprint density at radius 2 is 2.16 bits per heavy atom. The predicted molar refractivity (Wildman–Crippen MR) is 75.5 cm³/mol. The Morgan fingerprint density at radius 3 is 2.84 bits per heavy atom. The number of nitrogen functional groups attached to an aromatic ring is 1. The van der Waals surface area contributed by atoms with E-state index in [1.54, 1.807) is 0 Å². The van der Waals surface area contributed by atoms with E-state index in [2.05, 4.69) is 5.32 Å². The highest BCUT2D eigenvalue weighted by Gasteiger charge is 2.30. The highest BCUT2D eigenvalue weighted by Crippen LogP contribution is 2.32. The van der Waals surface area contributed by atoms with E-state index in [0.29, 0.717) is 25.0 Å². The lowest BCUT2D eigenvalue weighted by Gasteiger charge is -2.34. The Bertz CT molecular complexity index is 428. The molecule has 0 spiro atoms. The molecule has 1 aliphatic carbocycles. The molecule has 0 aromatic heterocycles. The summed E-state index contributed by atoms with van der Waals surface area (Å²) in [5.74, 6) is 0.577. The number of para-hydroxylation sites is 1. The van der Waals surface area contributed by atoms with Crippen molar-refractivity contribution < 1.29 is 9.53 Å². The Balaban J connectivity index is 1.67. The number of carbonyl (C=O) groups is 1. The second-order valence-electron chi connectivity index (χ2n) is 5.09. The Labute approximate surface area is 114 Å². The van der Waals surface area contributed by atoms with Gasteiger partial charge in [-0.1, -0.05) is 18.2 Å². The first kappa shape index (κ1) is 13.9. The van der Waals surface area contributed by atoms with E-state index in [4.69, 9.17) is 10.5 Å². The van der Waals surface area contributed by atoms with Gasteiger partial charge in [-0.25, -0.2) is 0 Å². The molecule has 19 heavy (non-hydrogen) atoms. The first-order chi connectivity index (χ1) is 9.19. The molecule has 0 bridgehead atoms. The molecule has 0 radical (unpaired) electrons. The minimum atomic E-state index is 0.100. The summed E-state index contributed by atoms with van der Waals surface area (Å²) in [5, 5.41) is 2.93. The molecular formula is C15H22N2O2. The van der Waals surface area contributed by atoms with Crippen LogP contribution in [0.2, 0.25) is 0 Å². The second-order valence-corrected chi connectivity index (χ2v) is 5.09. The maximum atomic E-state index is 11.8. The number of carbonyl (C=O) groups excluding carboxylic acids is 1. The molecule has 104 valence electrons. The molecule has 0 aliphatic heterocycles. The number of rotatable bonds is 6. The SMILES string of the molecule is CCOC1CC(CC(=O)NCc2ccccc2N)C1. The molecule has 3 N–H and O–H groups in total. The first-order valence-electron chi connectivity index (χ1n) is 6.90. The van der Waals surface area contributed by atoms with Gasteiger partial charge in [0.1, 0.15) is 0 Å². The first-order valence-corrected chi connectivity index (χ1v) is 6.90. The zero-order valence-corrected chi connectivity index (χ0v) is 11.4. The maximum Gasteiger partial charge on any atom is 0.220 e. The lowest BCUT2D eigenvalue weighted by Crippen LogP contribution is -2.35. The lowest BCUT2D eigenvalue weighted by molar-refractivity contribution is -0.124. The molecule has 1 fully saturated rings. The standard InChI is InChI=1S/C15H22N2O2/c1-2-19-13-7-11(8-13)9-15(18)17-10-12-5-3-4-6-14(12)16/h3-6,11,13H,2,7-10,16H2,1H3,(H,17,18). The summed E-state index contributed by atoms with van der Waals surface area (Å²) >= 11 is 0. The molecule has 0 heterocycles. The fourth-order valence-corrected chi connectivity index (χ4v) is 2.44. The van der Waals surface area contributed by atoms with E-state index in [0.717, 1.165) is 30.7 Å². The van der Waals surface area contributed by atoms with Crippen molar-refractivity contribution in [1.29, 1.82) is 0 Å². The number of ether oxygens (including phenoxy) is 1. The molecule has 1 saturated carbocycles. The van der Waals surface area contributed by atoms with Crippen LogP contribution in [-0.4, -0.2) is 18.6 Å². The van der Waals surface area contributed by atoms with E-state index >= 15 is 0 Å². The van der Waals surface area contributed by atoms with Crippen LogP contribution in [0.4, 0.5) is 5.69 Å². The zero-order chi connectivity index (χ0) is 13.7. The molecule has 4 heteroatoms. The van der Waals surface area contributed by atoms with Crippen molar-refractivity contribution in [2.75, 3.05) is 12.3 Å². The average Bonchev–Trinajstić information content (AvgIpc) is 2.35. The summed E-state index contributed by atoms with van der Waals surface area (Å²) in [5.41, 5.74) is 7.52. The summed E-state index contributed by atoms with van der Waals surface area (Å²) in [7, 11) is 0. The van der Waals surface area contributed by atoms with Gasteiger partial charge in [0.2, 0.25) is 5.91 Å². The van der Waals surface area contributed by atoms with E-state index in [1.165, 1.54) is 0 Å². The van der Waals surface area contributed by atoms with Crippen LogP contribution in [0.15, 0.2) is 24.3 Å². The topological polar surface area (TPSA) is 64.3 Å². The van der Waals surface area contributed by atoms with Crippen LogP contribution in [0.1, 0.15) is 31.7 Å². The van der Waals surface area contributed by atoms with Crippen molar-refractivity contribution in [2.45, 2.75) is 38.8 Å². The maximum absolute atomic E-state index is 11.8. The smallest absolute Gasteiger partial charge is 0.220 e. The van der Waals surface area contributed by atoms with Crippen molar-refractivity contribution in [3.63, 3.8) is 0 Å². The Hall–Kier alpha value is -1.55. The van der Waals surface area contributed by atoms with Crippen LogP contribution in [0.25, 0.3) is 0 Å². The van der Waals surface area contributed by atoms with Gasteiger partial charge in [0.15, 0.2) is 0 Å². The van der Waals surface area contributed by atoms with Gasteiger partial charge < -0.3 is 15.8 Å². The third kappa shape index (κ3) is 3.96. The van der Waals surface area contributed by atoms with Gasteiger partial charge in [-0.3, -0.25) is 4.79 Å². The van der Waals surface area contributed by atoms with E-state index < -0.39 is 0 Å². The molecule has 1 aromatic carbocycles. The van der Waals surface area contributed by atoms with Crippen LogP contribution >= 0.6 is 0 Å². The van der Waals surface area contributed by atoms with E-state index in [9.17, 15) is 4.79 Å². The number of hydrogen-bond acceptors (Lipinski definition) is 3. The summed E-state index contributed by atoms with van der Waals surface area (Å²) < 4.78 is 5.49. The molecule has 0 unspecified atom stereocenters. The van der Waals surface area contributed by atoms with Crippen LogP contribution in [0.3, 0.4) is 0 Å². The van der Waals surface area contributed by atoms with E-state index in [1.807, 2.05) is 31.2 Å². The van der Waals surface area contributed by atoms with Crippen molar-refractivity contribution in [3.05, 3.63) is 29.8 Å². The van der Waals surface area contributed by atoms with Crippen molar-refractivity contribution >= 4 is 11.6 Å². The predicted octanol–water partition coefficient (Wildman–Crippen LogP) is 2.09. The number of nitrogens with two attached hydrogens (primary N) is 1. The van der Waals surface area contributed by atoms with Crippen molar-refractivity contribution in [2.24, 2.45) is 5.92 Å². The third-order valence-corrected chi connectivity index (χ3v) is 3.60. The van der Waals surface area contributed by atoms with Gasteiger partial charge in [0.25, 0.3) is 0 Å². The third-order valence-electron chi connectivity index (χ3n) is 3.60. The number of nitrogens with one attached hydrogen (secondary N) is 1. The van der Waals surface area contributed by atoms with Gasteiger partial charge in [0.05, 0.1) is 6.10 Å². The van der Waals surface area contributed by atoms with Crippen LogP contribution < -0.4 is 11.1 Å². The van der Waals surface area contributed by atoms with Gasteiger partial charge in [-0.2, -0.15) is 0 Å². The second kappa shape index (κ2) is 6.57.